The second-order valence-corrected chi connectivity index (χ2v) is 6.17. The van der Waals surface area contributed by atoms with Crippen LogP contribution in [0.3, 0.4) is 0 Å². The molecule has 1 saturated carbocycles. The Labute approximate surface area is 117 Å². The molecule has 19 heavy (non-hydrogen) atoms. The molecule has 1 heterocycles. The van der Waals surface area contributed by atoms with Gasteiger partial charge in [0.15, 0.2) is 0 Å². The van der Waals surface area contributed by atoms with Crippen molar-refractivity contribution in [3.8, 4) is 0 Å². The molecule has 2 fully saturated rings. The monoisotopic (exact) mass is 258 g/mol. The molecule has 2 unspecified atom stereocenters. The van der Waals surface area contributed by atoms with Crippen molar-refractivity contribution in [1.82, 2.24) is 4.90 Å². The third-order valence-electron chi connectivity index (χ3n) is 4.77. The van der Waals surface area contributed by atoms with Gasteiger partial charge in [-0.25, -0.2) is 0 Å². The number of benzene rings is 1. The molecule has 2 N–H and O–H groups in total. The molecule has 0 aromatic heterocycles. The van der Waals surface area contributed by atoms with Crippen LogP contribution < -0.4 is 5.73 Å². The van der Waals surface area contributed by atoms with Crippen molar-refractivity contribution in [2.75, 3.05) is 19.6 Å². The highest BCUT2D eigenvalue weighted by atomic mass is 15.2. The molecular formula is C17H26N2. The Hall–Kier alpha value is -0.860. The first-order valence-electron chi connectivity index (χ1n) is 7.88. The van der Waals surface area contributed by atoms with E-state index in [-0.39, 0.29) is 0 Å². The Balaban J connectivity index is 1.92. The molecule has 2 aliphatic rings. The smallest absolute Gasteiger partial charge is 0.0391 e. The zero-order chi connectivity index (χ0) is 13.2. The maximum absolute atomic E-state index is 6.04. The van der Waals surface area contributed by atoms with E-state index in [1.165, 1.54) is 38.8 Å². The summed E-state index contributed by atoms with van der Waals surface area (Å²) in [5.41, 5.74) is 9.22. The zero-order valence-corrected chi connectivity index (χ0v) is 12.0. The molecule has 3 rings (SSSR count). The largest absolute Gasteiger partial charge is 0.330 e. The third-order valence-corrected chi connectivity index (χ3v) is 4.77. The van der Waals surface area contributed by atoms with Crippen LogP contribution >= 0.6 is 0 Å². The van der Waals surface area contributed by atoms with E-state index in [0.29, 0.717) is 12.0 Å². The number of nitrogens with two attached hydrogens (primary N) is 1. The molecule has 104 valence electrons. The lowest BCUT2D eigenvalue weighted by molar-refractivity contribution is 0.229. The highest BCUT2D eigenvalue weighted by Crippen LogP contribution is 2.46. The number of likely N-dealkylation sites (tertiary alicyclic amines) is 1. The van der Waals surface area contributed by atoms with Crippen LogP contribution in [0.1, 0.15) is 55.7 Å². The van der Waals surface area contributed by atoms with Crippen molar-refractivity contribution >= 4 is 0 Å². The SMILES string of the molecule is CCCN1CCC(CN)C1c1ccccc1C1CC1. The van der Waals surface area contributed by atoms with Crippen molar-refractivity contribution in [3.05, 3.63) is 35.4 Å². The summed E-state index contributed by atoms with van der Waals surface area (Å²) >= 11 is 0. The number of nitrogens with zero attached hydrogens (tertiary/aromatic N) is 1. The zero-order valence-electron chi connectivity index (χ0n) is 12.0. The van der Waals surface area contributed by atoms with Gasteiger partial charge in [-0.05, 0) is 68.3 Å². The van der Waals surface area contributed by atoms with Crippen LogP contribution in [0.4, 0.5) is 0 Å². The van der Waals surface area contributed by atoms with Gasteiger partial charge < -0.3 is 5.73 Å². The van der Waals surface area contributed by atoms with Crippen LogP contribution in [-0.4, -0.2) is 24.5 Å². The summed E-state index contributed by atoms with van der Waals surface area (Å²) in [6.45, 7) is 5.53. The minimum atomic E-state index is 0.571. The number of hydrogen-bond acceptors (Lipinski definition) is 2. The predicted molar refractivity (Wildman–Crippen MR) is 80.2 cm³/mol. The van der Waals surface area contributed by atoms with E-state index in [1.54, 1.807) is 11.1 Å². The summed E-state index contributed by atoms with van der Waals surface area (Å²) in [6, 6.07) is 9.69. The van der Waals surface area contributed by atoms with E-state index in [1.807, 2.05) is 0 Å². The molecule has 0 amide bonds. The molecule has 2 heteroatoms. The fraction of sp³-hybridized carbons (Fsp3) is 0.647. The van der Waals surface area contributed by atoms with Gasteiger partial charge in [0.1, 0.15) is 0 Å². The average molecular weight is 258 g/mol. The van der Waals surface area contributed by atoms with Crippen LogP contribution in [-0.2, 0) is 0 Å². The summed E-state index contributed by atoms with van der Waals surface area (Å²) < 4.78 is 0. The summed E-state index contributed by atoms with van der Waals surface area (Å²) in [7, 11) is 0. The summed E-state index contributed by atoms with van der Waals surface area (Å²) in [6.07, 6.45) is 5.26. The molecule has 2 nitrogen and oxygen atoms in total. The highest BCUT2D eigenvalue weighted by Gasteiger charge is 2.37. The minimum Gasteiger partial charge on any atom is -0.330 e. The second kappa shape index (κ2) is 5.64. The Morgan fingerprint density at radius 1 is 1.16 bits per heavy atom. The van der Waals surface area contributed by atoms with Gasteiger partial charge in [0.2, 0.25) is 0 Å². The molecule has 1 aromatic rings. The highest BCUT2D eigenvalue weighted by molar-refractivity contribution is 5.36. The standard InChI is InChI=1S/C17H26N2/c1-2-10-19-11-9-14(12-18)17(19)16-6-4-3-5-15(16)13-7-8-13/h3-6,13-14,17H,2,7-12,18H2,1H3. The van der Waals surface area contributed by atoms with Crippen LogP contribution in [0, 0.1) is 5.92 Å². The molecule has 2 atom stereocenters. The first kappa shape index (κ1) is 13.1. The summed E-state index contributed by atoms with van der Waals surface area (Å²) in [5, 5.41) is 0. The molecule has 1 aromatic carbocycles. The van der Waals surface area contributed by atoms with Gasteiger partial charge in [-0.2, -0.15) is 0 Å². The van der Waals surface area contributed by atoms with Crippen molar-refractivity contribution < 1.29 is 0 Å². The quantitative estimate of drug-likeness (QED) is 0.878. The van der Waals surface area contributed by atoms with E-state index in [2.05, 4.69) is 36.1 Å². The first-order valence-corrected chi connectivity index (χ1v) is 7.88. The average Bonchev–Trinajstić information content (AvgIpc) is 3.21. The van der Waals surface area contributed by atoms with E-state index in [0.717, 1.165) is 12.5 Å². The molecule has 0 spiro atoms. The lowest BCUT2D eigenvalue weighted by atomic mass is 9.89. The van der Waals surface area contributed by atoms with Crippen molar-refractivity contribution in [1.29, 1.82) is 0 Å². The molecule has 0 radical (unpaired) electrons. The van der Waals surface area contributed by atoms with Crippen molar-refractivity contribution in [2.45, 2.75) is 44.6 Å². The van der Waals surface area contributed by atoms with Gasteiger partial charge in [0.25, 0.3) is 0 Å². The normalized spacial score (nSPS) is 27.9. The summed E-state index contributed by atoms with van der Waals surface area (Å²) in [5.74, 6) is 1.48. The Morgan fingerprint density at radius 2 is 1.89 bits per heavy atom. The second-order valence-electron chi connectivity index (χ2n) is 6.17. The minimum absolute atomic E-state index is 0.571. The van der Waals surface area contributed by atoms with Crippen molar-refractivity contribution in [3.63, 3.8) is 0 Å². The Bertz CT molecular complexity index is 425. The van der Waals surface area contributed by atoms with E-state index < -0.39 is 0 Å². The van der Waals surface area contributed by atoms with Crippen LogP contribution in [0.5, 0.6) is 0 Å². The molecule has 1 saturated heterocycles. The fourth-order valence-electron chi connectivity index (χ4n) is 3.71. The van der Waals surface area contributed by atoms with Gasteiger partial charge in [-0.1, -0.05) is 31.2 Å². The summed E-state index contributed by atoms with van der Waals surface area (Å²) in [4.78, 5) is 2.67. The van der Waals surface area contributed by atoms with Crippen LogP contribution in [0.15, 0.2) is 24.3 Å². The van der Waals surface area contributed by atoms with Crippen LogP contribution in [0.2, 0.25) is 0 Å². The van der Waals surface area contributed by atoms with Crippen LogP contribution in [0.25, 0.3) is 0 Å². The first-order chi connectivity index (χ1) is 9.35. The Kier molecular flexibility index (Phi) is 3.90. The maximum Gasteiger partial charge on any atom is 0.0391 e. The van der Waals surface area contributed by atoms with E-state index in [9.17, 15) is 0 Å². The number of rotatable bonds is 5. The number of hydrogen-bond donors (Lipinski definition) is 1. The van der Waals surface area contributed by atoms with Gasteiger partial charge in [0.05, 0.1) is 0 Å². The van der Waals surface area contributed by atoms with Gasteiger partial charge >= 0.3 is 0 Å². The van der Waals surface area contributed by atoms with E-state index in [4.69, 9.17) is 5.73 Å². The lowest BCUT2D eigenvalue weighted by Gasteiger charge is -2.29. The molecule has 0 bridgehead atoms. The third kappa shape index (κ3) is 2.56. The topological polar surface area (TPSA) is 29.3 Å². The van der Waals surface area contributed by atoms with Gasteiger partial charge in [-0.3, -0.25) is 4.90 Å². The maximum atomic E-state index is 6.04. The molecule has 1 aliphatic heterocycles. The molecular weight excluding hydrogens is 232 g/mol. The Morgan fingerprint density at radius 3 is 2.53 bits per heavy atom. The van der Waals surface area contributed by atoms with Gasteiger partial charge in [-0.15, -0.1) is 0 Å². The molecule has 1 aliphatic carbocycles. The van der Waals surface area contributed by atoms with Gasteiger partial charge in [0, 0.05) is 6.04 Å². The van der Waals surface area contributed by atoms with Crippen molar-refractivity contribution in [2.24, 2.45) is 11.7 Å². The lowest BCUT2D eigenvalue weighted by Crippen LogP contribution is -2.29. The predicted octanol–water partition coefficient (Wildman–Crippen LogP) is 3.30. The fourth-order valence-corrected chi connectivity index (χ4v) is 3.71. The van der Waals surface area contributed by atoms with E-state index >= 15 is 0 Å².